The number of nitrogens with zero attached hydrogens (tertiary/aromatic N) is 3. The quantitative estimate of drug-likeness (QED) is 0.913. The van der Waals surface area contributed by atoms with Crippen molar-refractivity contribution < 1.29 is 0 Å². The maximum atomic E-state index is 5.82. The van der Waals surface area contributed by atoms with Crippen molar-refractivity contribution in [3.05, 3.63) is 9.47 Å². The predicted molar refractivity (Wildman–Crippen MR) is 69.4 cm³/mol. The molecule has 2 aliphatic heterocycles. The number of hydrogen-bond donors (Lipinski definition) is 1. The van der Waals surface area contributed by atoms with Gasteiger partial charge in [-0.1, -0.05) is 11.3 Å². The summed E-state index contributed by atoms with van der Waals surface area (Å²) >= 11 is 7.32. The fourth-order valence-corrected chi connectivity index (χ4v) is 3.91. The fraction of sp³-hybridized carbons (Fsp3) is 0.818. The van der Waals surface area contributed by atoms with Crippen molar-refractivity contribution in [2.75, 3.05) is 13.1 Å². The lowest BCUT2D eigenvalue weighted by molar-refractivity contribution is 0.206. The minimum atomic E-state index is 0.551. The molecular formula is C11H17ClN4S. The molecule has 1 aromatic heterocycles. The van der Waals surface area contributed by atoms with Crippen LogP contribution >= 0.6 is 22.9 Å². The van der Waals surface area contributed by atoms with E-state index in [4.69, 9.17) is 11.6 Å². The van der Waals surface area contributed by atoms with E-state index in [-0.39, 0.29) is 0 Å². The van der Waals surface area contributed by atoms with Crippen molar-refractivity contribution in [2.45, 2.75) is 44.3 Å². The van der Waals surface area contributed by atoms with E-state index < -0.39 is 0 Å². The van der Waals surface area contributed by atoms with E-state index in [2.05, 4.69) is 20.4 Å². The largest absolute Gasteiger partial charge is 0.312 e. The smallest absolute Gasteiger partial charge is 0.207 e. The normalized spacial score (nSPS) is 30.2. The zero-order valence-electron chi connectivity index (χ0n) is 9.73. The molecule has 0 radical (unpaired) electrons. The van der Waals surface area contributed by atoms with Gasteiger partial charge in [0.1, 0.15) is 5.01 Å². The average Bonchev–Trinajstić information content (AvgIpc) is 3.00. The van der Waals surface area contributed by atoms with Crippen molar-refractivity contribution in [1.82, 2.24) is 20.4 Å². The number of halogens is 1. The molecule has 0 aromatic carbocycles. The van der Waals surface area contributed by atoms with Crippen molar-refractivity contribution in [3.8, 4) is 0 Å². The van der Waals surface area contributed by atoms with E-state index in [1.165, 1.54) is 50.1 Å². The van der Waals surface area contributed by atoms with Gasteiger partial charge in [-0.2, -0.15) is 0 Å². The second-order valence-electron chi connectivity index (χ2n) is 4.83. The lowest BCUT2D eigenvalue weighted by Gasteiger charge is -2.28. The molecule has 2 fully saturated rings. The first-order chi connectivity index (χ1) is 8.33. The Kier molecular flexibility index (Phi) is 3.61. The summed E-state index contributed by atoms with van der Waals surface area (Å²) in [6, 6.07) is 1.36. The fourth-order valence-electron chi connectivity index (χ4n) is 3.01. The molecule has 2 unspecified atom stereocenters. The molecule has 17 heavy (non-hydrogen) atoms. The van der Waals surface area contributed by atoms with E-state index >= 15 is 0 Å². The molecule has 2 saturated heterocycles. The first kappa shape index (κ1) is 11.8. The van der Waals surface area contributed by atoms with Crippen molar-refractivity contribution in [2.24, 2.45) is 0 Å². The Morgan fingerprint density at radius 3 is 3.00 bits per heavy atom. The van der Waals surface area contributed by atoms with Crippen LogP contribution in [-0.2, 0) is 6.54 Å². The van der Waals surface area contributed by atoms with Crippen LogP contribution in [0.5, 0.6) is 0 Å². The highest BCUT2D eigenvalue weighted by Gasteiger charge is 2.33. The summed E-state index contributed by atoms with van der Waals surface area (Å²) in [7, 11) is 0. The van der Waals surface area contributed by atoms with Crippen LogP contribution in [0.1, 0.15) is 30.7 Å². The second-order valence-corrected chi connectivity index (χ2v) is 6.48. The SMILES string of the molecule is Clc1nnc(CN2CCCC2C2CCCN2)s1. The van der Waals surface area contributed by atoms with Gasteiger partial charge in [-0.05, 0) is 50.4 Å². The van der Waals surface area contributed by atoms with Crippen LogP contribution < -0.4 is 5.32 Å². The average molecular weight is 273 g/mol. The maximum absolute atomic E-state index is 5.82. The van der Waals surface area contributed by atoms with Gasteiger partial charge >= 0.3 is 0 Å². The molecular weight excluding hydrogens is 256 g/mol. The second kappa shape index (κ2) is 5.18. The number of rotatable bonds is 3. The van der Waals surface area contributed by atoms with E-state index in [0.717, 1.165) is 11.6 Å². The van der Waals surface area contributed by atoms with E-state index in [0.29, 0.717) is 16.6 Å². The highest BCUT2D eigenvalue weighted by molar-refractivity contribution is 7.15. The molecule has 0 aliphatic carbocycles. The Balaban J connectivity index is 1.65. The Bertz CT molecular complexity index is 377. The van der Waals surface area contributed by atoms with Crippen LogP contribution in [0.2, 0.25) is 4.47 Å². The van der Waals surface area contributed by atoms with Gasteiger partial charge in [-0.25, -0.2) is 0 Å². The summed E-state index contributed by atoms with van der Waals surface area (Å²) in [4.78, 5) is 2.54. The summed E-state index contributed by atoms with van der Waals surface area (Å²) in [6.45, 7) is 3.27. The van der Waals surface area contributed by atoms with Crippen LogP contribution in [0.25, 0.3) is 0 Å². The Labute approximate surface area is 110 Å². The van der Waals surface area contributed by atoms with Gasteiger partial charge in [0, 0.05) is 12.1 Å². The molecule has 1 aromatic rings. The van der Waals surface area contributed by atoms with Crippen LogP contribution in [0.3, 0.4) is 0 Å². The summed E-state index contributed by atoms with van der Waals surface area (Å²) in [5.74, 6) is 0. The van der Waals surface area contributed by atoms with Crippen molar-refractivity contribution >= 4 is 22.9 Å². The third kappa shape index (κ3) is 2.62. The molecule has 3 heterocycles. The summed E-state index contributed by atoms with van der Waals surface area (Å²) in [6.07, 6.45) is 5.25. The Hall–Kier alpha value is -0.230. The summed E-state index contributed by atoms with van der Waals surface area (Å²) < 4.78 is 0.551. The van der Waals surface area contributed by atoms with Gasteiger partial charge in [0.25, 0.3) is 0 Å². The summed E-state index contributed by atoms with van der Waals surface area (Å²) in [5.41, 5.74) is 0. The number of aromatic nitrogens is 2. The van der Waals surface area contributed by atoms with Crippen LogP contribution in [0, 0.1) is 0 Å². The molecule has 3 rings (SSSR count). The van der Waals surface area contributed by atoms with Crippen molar-refractivity contribution in [1.29, 1.82) is 0 Å². The van der Waals surface area contributed by atoms with Gasteiger partial charge < -0.3 is 5.32 Å². The van der Waals surface area contributed by atoms with E-state index in [1.54, 1.807) is 0 Å². The van der Waals surface area contributed by atoms with Crippen LogP contribution in [0.4, 0.5) is 0 Å². The summed E-state index contributed by atoms with van der Waals surface area (Å²) in [5, 5.41) is 12.6. The minimum Gasteiger partial charge on any atom is -0.312 e. The monoisotopic (exact) mass is 272 g/mol. The molecule has 1 N–H and O–H groups in total. The molecule has 2 aliphatic rings. The molecule has 0 spiro atoms. The maximum Gasteiger partial charge on any atom is 0.207 e. The molecule has 94 valence electrons. The van der Waals surface area contributed by atoms with Crippen LogP contribution in [0.15, 0.2) is 0 Å². The highest BCUT2D eigenvalue weighted by atomic mass is 35.5. The first-order valence-corrected chi connectivity index (χ1v) is 7.48. The third-order valence-corrected chi connectivity index (χ3v) is 4.76. The van der Waals surface area contributed by atoms with Crippen molar-refractivity contribution in [3.63, 3.8) is 0 Å². The molecule has 2 atom stereocenters. The first-order valence-electron chi connectivity index (χ1n) is 6.28. The zero-order valence-corrected chi connectivity index (χ0v) is 11.3. The topological polar surface area (TPSA) is 41.1 Å². The molecule has 4 nitrogen and oxygen atoms in total. The minimum absolute atomic E-state index is 0.551. The van der Waals surface area contributed by atoms with Gasteiger partial charge in [-0.3, -0.25) is 4.90 Å². The number of likely N-dealkylation sites (tertiary alicyclic amines) is 1. The molecule has 0 saturated carbocycles. The van der Waals surface area contributed by atoms with E-state index in [1.807, 2.05) is 0 Å². The lowest BCUT2D eigenvalue weighted by Crippen LogP contribution is -2.43. The van der Waals surface area contributed by atoms with Gasteiger partial charge in [0.15, 0.2) is 0 Å². The number of hydrogen-bond acceptors (Lipinski definition) is 5. The number of nitrogens with one attached hydrogen (secondary N) is 1. The lowest BCUT2D eigenvalue weighted by atomic mass is 10.0. The Morgan fingerprint density at radius 2 is 2.29 bits per heavy atom. The molecule has 0 bridgehead atoms. The van der Waals surface area contributed by atoms with Gasteiger partial charge in [-0.15, -0.1) is 10.2 Å². The third-order valence-electron chi connectivity index (χ3n) is 3.76. The van der Waals surface area contributed by atoms with Gasteiger partial charge in [0.05, 0.1) is 6.54 Å². The predicted octanol–water partition coefficient (Wildman–Crippen LogP) is 1.91. The highest BCUT2D eigenvalue weighted by Crippen LogP contribution is 2.27. The van der Waals surface area contributed by atoms with E-state index in [9.17, 15) is 0 Å². The van der Waals surface area contributed by atoms with Crippen LogP contribution in [-0.4, -0.2) is 40.3 Å². The standard InChI is InChI=1S/C11H17ClN4S/c12-11-15-14-10(17-11)7-16-6-2-4-9(16)8-3-1-5-13-8/h8-9,13H,1-7H2. The molecule has 0 amide bonds. The van der Waals surface area contributed by atoms with Gasteiger partial charge in [0.2, 0.25) is 4.47 Å². The molecule has 6 heteroatoms. The Morgan fingerprint density at radius 1 is 1.35 bits per heavy atom. The zero-order chi connectivity index (χ0) is 11.7.